The summed E-state index contributed by atoms with van der Waals surface area (Å²) >= 11 is 6.11. The number of hydrogen-bond donors (Lipinski definition) is 2. The molecule has 0 aliphatic carbocycles. The van der Waals surface area contributed by atoms with Crippen LogP contribution in [0.1, 0.15) is 40.5 Å². The number of carbonyl (C=O) groups excluding carboxylic acids is 1. The number of esters is 1. The highest BCUT2D eigenvalue weighted by atomic mass is 35.5. The fraction of sp³-hybridized carbons (Fsp3) is 0.448. The van der Waals surface area contributed by atoms with Crippen LogP contribution in [0.15, 0.2) is 60.8 Å². The minimum absolute atomic E-state index is 0.167. The van der Waals surface area contributed by atoms with Crippen molar-refractivity contribution in [1.29, 1.82) is 0 Å². The predicted octanol–water partition coefficient (Wildman–Crippen LogP) is 6.54. The molecule has 0 radical (unpaired) electrons. The highest BCUT2D eigenvalue weighted by Gasteiger charge is 2.32. The zero-order valence-electron chi connectivity index (χ0n) is 23.6. The molecule has 11 heteroatoms. The average molecular weight is 591 g/mol. The van der Waals surface area contributed by atoms with Gasteiger partial charge < -0.3 is 19.5 Å². The molecule has 0 spiro atoms. The summed E-state index contributed by atoms with van der Waals surface area (Å²) in [4.78, 5) is 18.8. The molecule has 2 N–H and O–H groups in total. The zero-order valence-corrected chi connectivity index (χ0v) is 25.3. The third kappa shape index (κ3) is 10.1. The molecule has 0 fully saturated rings. The standard InChI is InChI=1S/C29H40ClN4O5P/c1-5-34(18-10-11-22(3)32-27-16-17-31-28-21-24(30)14-15-26(27)28)19-20-38-40(36,33-23(4)29(35)37-6-2)39-25-12-8-7-9-13-25/h7-9,12-17,21-23H,5-6,10-11,18-20H2,1-4H3,(H,31,32)(H,33,36)/t22-,23+,40+/m1/s1. The molecule has 0 aliphatic heterocycles. The maximum absolute atomic E-state index is 13.6. The lowest BCUT2D eigenvalue weighted by molar-refractivity contribution is -0.144. The van der Waals surface area contributed by atoms with Gasteiger partial charge in [0.25, 0.3) is 0 Å². The fourth-order valence-corrected chi connectivity index (χ4v) is 5.84. The van der Waals surface area contributed by atoms with Gasteiger partial charge >= 0.3 is 13.7 Å². The maximum atomic E-state index is 13.6. The molecular weight excluding hydrogens is 551 g/mol. The van der Waals surface area contributed by atoms with E-state index in [9.17, 15) is 9.36 Å². The van der Waals surface area contributed by atoms with Crippen molar-refractivity contribution in [1.82, 2.24) is 15.0 Å². The monoisotopic (exact) mass is 590 g/mol. The summed E-state index contributed by atoms with van der Waals surface area (Å²) in [6, 6.07) is 15.8. The molecule has 0 saturated carbocycles. The Morgan fingerprint density at radius 3 is 2.60 bits per heavy atom. The van der Waals surface area contributed by atoms with E-state index in [0.717, 1.165) is 42.5 Å². The first-order valence-electron chi connectivity index (χ1n) is 13.7. The summed E-state index contributed by atoms with van der Waals surface area (Å²) in [5, 5.41) is 8.01. The second-order valence-electron chi connectivity index (χ2n) is 9.48. The number of rotatable bonds is 17. The first kappa shape index (κ1) is 31.8. The molecule has 0 saturated heterocycles. The second kappa shape index (κ2) is 15.9. The van der Waals surface area contributed by atoms with Gasteiger partial charge in [0.1, 0.15) is 11.8 Å². The van der Waals surface area contributed by atoms with Crippen LogP contribution >= 0.6 is 19.3 Å². The van der Waals surface area contributed by atoms with Crippen LogP contribution in [-0.2, 0) is 18.6 Å². The Morgan fingerprint density at radius 1 is 1.10 bits per heavy atom. The maximum Gasteiger partial charge on any atom is 0.459 e. The number of pyridine rings is 1. The predicted molar refractivity (Wildman–Crippen MR) is 161 cm³/mol. The van der Waals surface area contributed by atoms with Gasteiger partial charge in [0.2, 0.25) is 0 Å². The largest absolute Gasteiger partial charge is 0.465 e. The van der Waals surface area contributed by atoms with Crippen molar-refractivity contribution in [3.63, 3.8) is 0 Å². The average Bonchev–Trinajstić information content (AvgIpc) is 2.92. The molecule has 40 heavy (non-hydrogen) atoms. The van der Waals surface area contributed by atoms with E-state index in [4.69, 9.17) is 25.4 Å². The number of anilines is 1. The molecular formula is C29H40ClN4O5P. The number of benzene rings is 2. The van der Waals surface area contributed by atoms with Crippen LogP contribution in [0, 0.1) is 0 Å². The first-order chi connectivity index (χ1) is 19.2. The molecule has 2 aromatic carbocycles. The Balaban J connectivity index is 1.50. The third-order valence-electron chi connectivity index (χ3n) is 6.29. The summed E-state index contributed by atoms with van der Waals surface area (Å²) in [5.74, 6) is -0.141. The highest BCUT2D eigenvalue weighted by molar-refractivity contribution is 7.52. The van der Waals surface area contributed by atoms with Crippen LogP contribution in [0.25, 0.3) is 10.9 Å². The lowest BCUT2D eigenvalue weighted by Crippen LogP contribution is -2.36. The minimum Gasteiger partial charge on any atom is -0.465 e. The number of carbonyl (C=O) groups is 1. The first-order valence-corrected chi connectivity index (χ1v) is 15.6. The quantitative estimate of drug-likeness (QED) is 0.134. The van der Waals surface area contributed by atoms with E-state index in [2.05, 4.69) is 34.1 Å². The molecule has 3 rings (SSSR count). The van der Waals surface area contributed by atoms with Crippen molar-refractivity contribution in [3.05, 3.63) is 65.8 Å². The molecule has 0 amide bonds. The lowest BCUT2D eigenvalue weighted by Gasteiger charge is -2.25. The van der Waals surface area contributed by atoms with E-state index >= 15 is 0 Å². The molecule has 1 aromatic heterocycles. The third-order valence-corrected chi connectivity index (χ3v) is 8.21. The zero-order chi connectivity index (χ0) is 29.0. The van der Waals surface area contributed by atoms with Crippen molar-refractivity contribution in [3.8, 4) is 5.75 Å². The van der Waals surface area contributed by atoms with Crippen LogP contribution in [-0.4, -0.2) is 60.8 Å². The van der Waals surface area contributed by atoms with E-state index in [-0.39, 0.29) is 19.3 Å². The Kier molecular flexibility index (Phi) is 12.7. The van der Waals surface area contributed by atoms with Gasteiger partial charge in [-0.3, -0.25) is 14.3 Å². The van der Waals surface area contributed by atoms with Crippen LogP contribution in [0.5, 0.6) is 5.75 Å². The van der Waals surface area contributed by atoms with Gasteiger partial charge in [-0.05, 0) is 83.1 Å². The molecule has 3 aromatic rings. The topological polar surface area (TPSA) is 102 Å². The number of nitrogens with zero attached hydrogens (tertiary/aromatic N) is 2. The SMILES string of the molecule is CCOC(=O)[C@H](C)N[P@](=O)(OCCN(CC)CCC[C@@H](C)Nc1ccnc2cc(Cl)ccc12)Oc1ccccc1. The van der Waals surface area contributed by atoms with Crippen LogP contribution < -0.4 is 14.9 Å². The van der Waals surface area contributed by atoms with Crippen molar-refractivity contribution < 1.29 is 23.1 Å². The van der Waals surface area contributed by atoms with Gasteiger partial charge in [0.05, 0.1) is 18.7 Å². The molecule has 3 atom stereocenters. The number of fused-ring (bicyclic) bond motifs is 1. The molecule has 0 bridgehead atoms. The van der Waals surface area contributed by atoms with Crippen LogP contribution in [0.4, 0.5) is 5.69 Å². The minimum atomic E-state index is -3.85. The summed E-state index contributed by atoms with van der Waals surface area (Å²) in [6.07, 6.45) is 3.71. The molecule has 218 valence electrons. The summed E-state index contributed by atoms with van der Waals surface area (Å²) in [6.45, 7) is 10.2. The van der Waals surface area contributed by atoms with Crippen LogP contribution in [0.3, 0.4) is 0 Å². The van der Waals surface area contributed by atoms with E-state index in [0.29, 0.717) is 17.3 Å². The Bertz CT molecular complexity index is 1270. The normalized spacial score (nSPS) is 14.4. The smallest absolute Gasteiger partial charge is 0.459 e. The van der Waals surface area contributed by atoms with Gasteiger partial charge in [-0.2, -0.15) is 5.09 Å². The van der Waals surface area contributed by atoms with Gasteiger partial charge in [0, 0.05) is 34.9 Å². The Hall–Kier alpha value is -2.68. The number of hydrogen-bond acceptors (Lipinski definition) is 8. The fourth-order valence-electron chi connectivity index (χ4n) is 4.19. The lowest BCUT2D eigenvalue weighted by atomic mass is 10.1. The molecule has 0 unspecified atom stereocenters. The highest BCUT2D eigenvalue weighted by Crippen LogP contribution is 2.44. The van der Waals surface area contributed by atoms with Crippen molar-refractivity contribution >= 4 is 41.9 Å². The van der Waals surface area contributed by atoms with Gasteiger partial charge in [0.15, 0.2) is 0 Å². The van der Waals surface area contributed by atoms with E-state index in [1.807, 2.05) is 30.3 Å². The number of ether oxygens (including phenoxy) is 1. The molecule has 1 heterocycles. The number of aromatic nitrogens is 1. The summed E-state index contributed by atoms with van der Waals surface area (Å²) < 4.78 is 30.1. The number of para-hydroxylation sites is 1. The van der Waals surface area contributed by atoms with Gasteiger partial charge in [-0.25, -0.2) is 4.57 Å². The van der Waals surface area contributed by atoms with Crippen LogP contribution in [0.2, 0.25) is 5.02 Å². The van der Waals surface area contributed by atoms with Gasteiger partial charge in [-0.1, -0.05) is 36.7 Å². The van der Waals surface area contributed by atoms with Crippen molar-refractivity contribution in [2.24, 2.45) is 0 Å². The summed E-state index contributed by atoms with van der Waals surface area (Å²) in [7, 11) is -3.85. The Morgan fingerprint density at radius 2 is 1.88 bits per heavy atom. The van der Waals surface area contributed by atoms with E-state index < -0.39 is 19.8 Å². The molecule has 9 nitrogen and oxygen atoms in total. The van der Waals surface area contributed by atoms with E-state index in [1.54, 1.807) is 44.3 Å². The van der Waals surface area contributed by atoms with Gasteiger partial charge in [-0.15, -0.1) is 0 Å². The number of halogens is 1. The van der Waals surface area contributed by atoms with E-state index in [1.165, 1.54) is 0 Å². The number of likely N-dealkylation sites (N-methyl/N-ethyl adjacent to an activating group) is 1. The van der Waals surface area contributed by atoms with Crippen molar-refractivity contribution in [2.75, 3.05) is 38.2 Å². The summed E-state index contributed by atoms with van der Waals surface area (Å²) in [5.41, 5.74) is 1.90. The second-order valence-corrected chi connectivity index (χ2v) is 11.6. The van der Waals surface area contributed by atoms with Crippen molar-refractivity contribution in [2.45, 2.75) is 52.6 Å². The number of nitrogens with one attached hydrogen (secondary N) is 2. The Labute approximate surface area is 242 Å². The molecule has 0 aliphatic rings.